The van der Waals surface area contributed by atoms with Gasteiger partial charge in [0.05, 0.1) is 11.0 Å². The highest BCUT2D eigenvalue weighted by Crippen LogP contribution is 2.33. The second-order valence-electron chi connectivity index (χ2n) is 4.55. The van der Waals surface area contributed by atoms with E-state index in [-0.39, 0.29) is 5.25 Å². The van der Waals surface area contributed by atoms with Crippen LogP contribution in [0.5, 0.6) is 0 Å². The summed E-state index contributed by atoms with van der Waals surface area (Å²) in [6.45, 7) is 3.99. The van der Waals surface area contributed by atoms with E-state index in [1.54, 1.807) is 0 Å². The van der Waals surface area contributed by atoms with Crippen molar-refractivity contribution in [1.82, 2.24) is 4.90 Å². The number of likely N-dealkylation sites (tertiary alicyclic amines) is 1. The molecule has 2 saturated heterocycles. The fourth-order valence-corrected chi connectivity index (χ4v) is 4.74. The van der Waals surface area contributed by atoms with E-state index >= 15 is 0 Å². The van der Waals surface area contributed by atoms with Crippen molar-refractivity contribution in [2.45, 2.75) is 24.6 Å². The first-order valence-corrected chi connectivity index (χ1v) is 7.88. The Morgan fingerprint density at radius 2 is 2.29 bits per heavy atom. The fraction of sp³-hybridized carbons (Fsp3) is 1.00. The first-order chi connectivity index (χ1) is 6.53. The Morgan fingerprint density at radius 1 is 1.57 bits per heavy atom. The minimum Gasteiger partial charge on any atom is -0.298 e. The van der Waals surface area contributed by atoms with Crippen LogP contribution >= 0.6 is 15.9 Å². The zero-order chi connectivity index (χ0) is 10.3. The second-order valence-corrected chi connectivity index (χ2v) is 7.53. The molecule has 5 heteroatoms. The number of rotatable bonds is 3. The van der Waals surface area contributed by atoms with Gasteiger partial charge in [0.15, 0.2) is 9.84 Å². The van der Waals surface area contributed by atoms with Gasteiger partial charge in [-0.3, -0.25) is 4.90 Å². The smallest absolute Gasteiger partial charge is 0.156 e. The maximum atomic E-state index is 11.5. The van der Waals surface area contributed by atoms with Crippen molar-refractivity contribution in [3.8, 4) is 0 Å². The minimum atomic E-state index is -2.72. The third-order valence-corrected chi connectivity index (χ3v) is 6.54. The van der Waals surface area contributed by atoms with Gasteiger partial charge in [-0.25, -0.2) is 8.42 Å². The van der Waals surface area contributed by atoms with Crippen LogP contribution in [0.2, 0.25) is 0 Å². The lowest BCUT2D eigenvalue weighted by atomic mass is 10.2. The van der Waals surface area contributed by atoms with E-state index in [1.165, 1.54) is 0 Å². The molecule has 3 unspecified atom stereocenters. The summed E-state index contributed by atoms with van der Waals surface area (Å²) < 4.78 is 23.0. The molecule has 0 aromatic carbocycles. The van der Waals surface area contributed by atoms with Crippen molar-refractivity contribution in [1.29, 1.82) is 0 Å². The van der Waals surface area contributed by atoms with E-state index < -0.39 is 9.84 Å². The van der Waals surface area contributed by atoms with Gasteiger partial charge in [0.1, 0.15) is 0 Å². The Kier molecular flexibility index (Phi) is 2.92. The van der Waals surface area contributed by atoms with Crippen molar-refractivity contribution in [3.05, 3.63) is 0 Å². The third kappa shape index (κ3) is 1.86. The van der Waals surface area contributed by atoms with Crippen LogP contribution in [0.15, 0.2) is 0 Å². The molecule has 0 radical (unpaired) electrons. The quantitative estimate of drug-likeness (QED) is 0.721. The molecule has 2 rings (SSSR count). The topological polar surface area (TPSA) is 37.4 Å². The van der Waals surface area contributed by atoms with E-state index in [4.69, 9.17) is 0 Å². The number of hydrogen-bond donors (Lipinski definition) is 0. The van der Waals surface area contributed by atoms with Gasteiger partial charge in [0.2, 0.25) is 0 Å². The molecule has 2 aliphatic heterocycles. The third-order valence-electron chi connectivity index (χ3n) is 3.23. The number of halogens is 1. The molecular formula is C9H16BrNO2S. The highest BCUT2D eigenvalue weighted by molar-refractivity contribution is 9.09. The fourth-order valence-electron chi connectivity index (χ4n) is 2.45. The molecule has 0 spiro atoms. The van der Waals surface area contributed by atoms with E-state index in [0.29, 0.717) is 17.7 Å². The van der Waals surface area contributed by atoms with E-state index in [2.05, 4.69) is 27.8 Å². The molecule has 0 aliphatic carbocycles. The predicted molar refractivity (Wildman–Crippen MR) is 60.5 cm³/mol. The number of nitrogens with zero attached hydrogens (tertiary/aromatic N) is 1. The summed E-state index contributed by atoms with van der Waals surface area (Å²) in [6.07, 6.45) is 0.872. The molecule has 0 N–H and O–H groups in total. The summed E-state index contributed by atoms with van der Waals surface area (Å²) in [5.41, 5.74) is 0. The molecule has 82 valence electrons. The standard InChI is InChI=1S/C9H16BrNO2S/c1-7(3-10)4-11-5-9-2-8(11)6-14(9,12)13/h7-9H,2-6H2,1H3. The summed E-state index contributed by atoms with van der Waals surface area (Å²) >= 11 is 3.45. The first-order valence-electron chi connectivity index (χ1n) is 5.04. The summed E-state index contributed by atoms with van der Waals surface area (Å²) in [5.74, 6) is 1.00. The number of fused-ring (bicyclic) bond motifs is 2. The van der Waals surface area contributed by atoms with Gasteiger partial charge in [0.25, 0.3) is 0 Å². The Labute approximate surface area is 93.9 Å². The van der Waals surface area contributed by atoms with E-state index in [0.717, 1.165) is 24.8 Å². The van der Waals surface area contributed by atoms with Crippen LogP contribution in [0.4, 0.5) is 0 Å². The summed E-state index contributed by atoms with van der Waals surface area (Å²) in [5, 5.41) is 0.934. The summed E-state index contributed by atoms with van der Waals surface area (Å²) in [6, 6.07) is 0.312. The highest BCUT2D eigenvalue weighted by Gasteiger charge is 2.48. The van der Waals surface area contributed by atoms with E-state index in [1.807, 2.05) is 0 Å². The largest absolute Gasteiger partial charge is 0.298 e. The molecule has 14 heavy (non-hydrogen) atoms. The zero-order valence-corrected chi connectivity index (χ0v) is 10.7. The van der Waals surface area contributed by atoms with Crippen molar-refractivity contribution >= 4 is 25.8 Å². The molecule has 3 atom stereocenters. The molecule has 0 amide bonds. The average molecular weight is 282 g/mol. The van der Waals surface area contributed by atoms with Crippen molar-refractivity contribution < 1.29 is 8.42 Å². The van der Waals surface area contributed by atoms with Gasteiger partial charge in [-0.15, -0.1) is 0 Å². The molecule has 0 aromatic heterocycles. The monoisotopic (exact) mass is 281 g/mol. The first kappa shape index (κ1) is 10.9. The van der Waals surface area contributed by atoms with Gasteiger partial charge < -0.3 is 0 Å². The van der Waals surface area contributed by atoms with Gasteiger partial charge in [-0.05, 0) is 12.3 Å². The normalized spacial score (nSPS) is 37.6. The highest BCUT2D eigenvalue weighted by atomic mass is 79.9. The lowest BCUT2D eigenvalue weighted by Gasteiger charge is -2.28. The summed E-state index contributed by atoms with van der Waals surface area (Å²) in [7, 11) is -2.72. The molecule has 0 aromatic rings. The van der Waals surface area contributed by atoms with Crippen LogP contribution < -0.4 is 0 Å². The Balaban J connectivity index is 1.97. The summed E-state index contributed by atoms with van der Waals surface area (Å²) in [4.78, 5) is 2.34. The van der Waals surface area contributed by atoms with Gasteiger partial charge in [-0.2, -0.15) is 0 Å². The van der Waals surface area contributed by atoms with Crippen LogP contribution in [0.1, 0.15) is 13.3 Å². The maximum Gasteiger partial charge on any atom is 0.156 e. The SMILES string of the molecule is CC(CBr)CN1CC2CC1CS2(=O)=O. The molecular weight excluding hydrogens is 266 g/mol. The van der Waals surface area contributed by atoms with Gasteiger partial charge >= 0.3 is 0 Å². The Bertz CT molecular complexity index is 317. The van der Waals surface area contributed by atoms with Crippen LogP contribution in [0, 0.1) is 5.92 Å². The van der Waals surface area contributed by atoms with Crippen molar-refractivity contribution in [3.63, 3.8) is 0 Å². The number of alkyl halides is 1. The van der Waals surface area contributed by atoms with Gasteiger partial charge in [-0.1, -0.05) is 22.9 Å². The lowest BCUT2D eigenvalue weighted by Crippen LogP contribution is -2.42. The number of hydrogen-bond acceptors (Lipinski definition) is 3. The van der Waals surface area contributed by atoms with Crippen LogP contribution in [0.25, 0.3) is 0 Å². The lowest BCUT2D eigenvalue weighted by molar-refractivity contribution is 0.238. The zero-order valence-electron chi connectivity index (χ0n) is 8.32. The Hall–Kier alpha value is 0.390. The van der Waals surface area contributed by atoms with Crippen molar-refractivity contribution in [2.24, 2.45) is 5.92 Å². The molecule has 2 bridgehead atoms. The molecule has 0 saturated carbocycles. The van der Waals surface area contributed by atoms with Gasteiger partial charge in [0, 0.05) is 24.5 Å². The molecule has 2 fully saturated rings. The maximum absolute atomic E-state index is 11.5. The average Bonchev–Trinajstić information content (AvgIpc) is 2.59. The number of sulfone groups is 1. The Morgan fingerprint density at radius 3 is 2.71 bits per heavy atom. The van der Waals surface area contributed by atoms with Crippen LogP contribution in [-0.4, -0.2) is 48.8 Å². The molecule has 2 aliphatic rings. The van der Waals surface area contributed by atoms with E-state index in [9.17, 15) is 8.42 Å². The second kappa shape index (κ2) is 3.76. The van der Waals surface area contributed by atoms with Crippen molar-refractivity contribution in [2.75, 3.05) is 24.2 Å². The van der Waals surface area contributed by atoms with Crippen LogP contribution in [-0.2, 0) is 9.84 Å². The molecule has 3 nitrogen and oxygen atoms in total. The molecule has 2 heterocycles. The predicted octanol–water partition coefficient (Wildman–Crippen LogP) is 0.889. The van der Waals surface area contributed by atoms with Crippen LogP contribution in [0.3, 0.4) is 0 Å². The minimum absolute atomic E-state index is 0.0602.